The molecule has 0 aromatic heterocycles. The standard InChI is InChI=1S/C45H78NO9P/c1-3-5-6-7-8-9-10-11-12-13-14-19-22-25-28-31-34-37-45(49)55-43(41-54-56(50,51)53-39-38-46)40-52-44(48)36-33-30-27-24-21-18-16-15-17-20-23-26-29-32-35-42(47)4-2/h11-12,16-18,20,24,26-27,29,32,35,42-43,47H,3-10,13-15,19,21-23,25,28,30-31,33-34,36-41,46H2,1-2H3,(H,50,51)/b12-11-,18-16-,20-17-,27-24-,29-26-,35-32+/t42-,43+/m0/s1. The highest BCUT2D eigenvalue weighted by atomic mass is 31.2. The van der Waals surface area contributed by atoms with Crippen molar-refractivity contribution in [3.63, 3.8) is 0 Å². The molecule has 0 saturated carbocycles. The van der Waals surface area contributed by atoms with E-state index in [-0.39, 0.29) is 38.7 Å². The van der Waals surface area contributed by atoms with Crippen LogP contribution in [0.2, 0.25) is 0 Å². The fourth-order valence-electron chi connectivity index (χ4n) is 5.38. The van der Waals surface area contributed by atoms with Gasteiger partial charge in [-0.1, -0.05) is 151 Å². The fraction of sp³-hybridized carbons (Fsp3) is 0.689. The van der Waals surface area contributed by atoms with Gasteiger partial charge in [0, 0.05) is 19.4 Å². The Morgan fingerprint density at radius 3 is 1.75 bits per heavy atom. The zero-order chi connectivity index (χ0) is 41.2. The van der Waals surface area contributed by atoms with Crippen LogP contribution in [0, 0.1) is 0 Å². The molecule has 0 radical (unpaired) electrons. The first kappa shape index (κ1) is 53.4. The van der Waals surface area contributed by atoms with Crippen molar-refractivity contribution in [2.45, 2.75) is 174 Å². The summed E-state index contributed by atoms with van der Waals surface area (Å²) in [4.78, 5) is 34.8. The topological polar surface area (TPSA) is 155 Å². The number of carbonyl (C=O) groups excluding carboxylic acids is 2. The van der Waals surface area contributed by atoms with Crippen LogP contribution in [0.25, 0.3) is 0 Å². The highest BCUT2D eigenvalue weighted by Gasteiger charge is 2.26. The summed E-state index contributed by atoms with van der Waals surface area (Å²) in [5.41, 5.74) is 5.34. The van der Waals surface area contributed by atoms with E-state index < -0.39 is 32.5 Å². The molecule has 0 aliphatic heterocycles. The number of aliphatic hydroxyl groups excluding tert-OH is 1. The van der Waals surface area contributed by atoms with Crippen LogP contribution >= 0.6 is 7.82 Å². The number of esters is 2. The SMILES string of the molecule is CCCCCCCC/C=C\CCCCCCCCCC(=O)O[C@H](COC(=O)CCC/C=C\C/C=C\C/C=C\C/C=C\C=C\[C@@H](O)CC)COP(=O)(O)OCCN. The minimum absolute atomic E-state index is 0.0363. The quantitative estimate of drug-likeness (QED) is 0.0180. The normalized spacial score (nSPS) is 14.6. The molecule has 322 valence electrons. The number of phosphoric acid groups is 1. The minimum Gasteiger partial charge on any atom is -0.462 e. The summed E-state index contributed by atoms with van der Waals surface area (Å²) in [6.45, 7) is 3.30. The van der Waals surface area contributed by atoms with E-state index in [1.165, 1.54) is 64.2 Å². The molecule has 0 aliphatic carbocycles. The van der Waals surface area contributed by atoms with Gasteiger partial charge in [-0.2, -0.15) is 0 Å². The molecular formula is C45H78NO9P. The Morgan fingerprint density at radius 1 is 0.625 bits per heavy atom. The molecule has 1 unspecified atom stereocenters. The summed E-state index contributed by atoms with van der Waals surface area (Å²) >= 11 is 0. The molecule has 0 aromatic rings. The summed E-state index contributed by atoms with van der Waals surface area (Å²) in [5, 5.41) is 9.47. The van der Waals surface area contributed by atoms with Gasteiger partial charge in [-0.15, -0.1) is 0 Å². The molecule has 56 heavy (non-hydrogen) atoms. The highest BCUT2D eigenvalue weighted by molar-refractivity contribution is 7.47. The smallest absolute Gasteiger partial charge is 0.462 e. The third-order valence-corrected chi connectivity index (χ3v) is 9.72. The van der Waals surface area contributed by atoms with Gasteiger partial charge >= 0.3 is 19.8 Å². The second-order valence-corrected chi connectivity index (χ2v) is 15.5. The van der Waals surface area contributed by atoms with Crippen LogP contribution in [0.15, 0.2) is 72.9 Å². The lowest BCUT2D eigenvalue weighted by atomic mass is 10.1. The first-order valence-electron chi connectivity index (χ1n) is 21.5. The maximum absolute atomic E-state index is 12.6. The van der Waals surface area contributed by atoms with Gasteiger partial charge in [0.1, 0.15) is 6.61 Å². The molecular weight excluding hydrogens is 729 g/mol. The molecule has 11 heteroatoms. The largest absolute Gasteiger partial charge is 0.472 e. The van der Waals surface area contributed by atoms with E-state index in [1.807, 2.05) is 31.2 Å². The third kappa shape index (κ3) is 39.6. The van der Waals surface area contributed by atoms with Crippen LogP contribution in [0.3, 0.4) is 0 Å². The molecule has 0 aliphatic rings. The molecule has 0 bridgehead atoms. The number of allylic oxidation sites excluding steroid dienone is 11. The first-order valence-corrected chi connectivity index (χ1v) is 23.0. The van der Waals surface area contributed by atoms with Gasteiger partial charge in [-0.3, -0.25) is 18.6 Å². The first-order chi connectivity index (χ1) is 27.2. The predicted octanol–water partition coefficient (Wildman–Crippen LogP) is 11.2. The Labute approximate surface area is 340 Å². The Bertz CT molecular complexity index is 1160. The van der Waals surface area contributed by atoms with E-state index in [1.54, 1.807) is 6.08 Å². The van der Waals surface area contributed by atoms with Crippen LogP contribution in [0.5, 0.6) is 0 Å². The molecule has 0 heterocycles. The Morgan fingerprint density at radius 2 is 1.14 bits per heavy atom. The van der Waals surface area contributed by atoms with Crippen molar-refractivity contribution >= 4 is 19.8 Å². The zero-order valence-electron chi connectivity index (χ0n) is 35.0. The van der Waals surface area contributed by atoms with E-state index in [9.17, 15) is 24.2 Å². The molecule has 0 amide bonds. The van der Waals surface area contributed by atoms with Crippen molar-refractivity contribution in [3.8, 4) is 0 Å². The van der Waals surface area contributed by atoms with Crippen LogP contribution in [0.1, 0.15) is 162 Å². The highest BCUT2D eigenvalue weighted by Crippen LogP contribution is 2.43. The van der Waals surface area contributed by atoms with Gasteiger partial charge in [-0.05, 0) is 70.6 Å². The van der Waals surface area contributed by atoms with Gasteiger partial charge in [0.05, 0.1) is 19.3 Å². The lowest BCUT2D eigenvalue weighted by Crippen LogP contribution is -2.29. The van der Waals surface area contributed by atoms with Crippen LogP contribution < -0.4 is 5.73 Å². The van der Waals surface area contributed by atoms with Crippen molar-refractivity contribution in [1.29, 1.82) is 0 Å². The van der Waals surface area contributed by atoms with E-state index >= 15 is 0 Å². The van der Waals surface area contributed by atoms with Gasteiger partial charge in [0.15, 0.2) is 6.10 Å². The molecule has 0 spiro atoms. The summed E-state index contributed by atoms with van der Waals surface area (Å²) in [6.07, 6.45) is 46.0. The maximum Gasteiger partial charge on any atom is 0.472 e. The van der Waals surface area contributed by atoms with E-state index in [2.05, 4.69) is 49.5 Å². The van der Waals surface area contributed by atoms with Gasteiger partial charge < -0.3 is 25.2 Å². The Hall–Kier alpha value is -2.59. The van der Waals surface area contributed by atoms with E-state index in [0.29, 0.717) is 25.7 Å². The molecule has 0 aromatic carbocycles. The zero-order valence-corrected chi connectivity index (χ0v) is 35.8. The molecule has 10 nitrogen and oxygen atoms in total. The van der Waals surface area contributed by atoms with Gasteiger partial charge in [0.25, 0.3) is 0 Å². The Balaban J connectivity index is 4.29. The molecule has 0 fully saturated rings. The van der Waals surface area contributed by atoms with Crippen LogP contribution in [-0.4, -0.2) is 60.5 Å². The number of nitrogens with two attached hydrogens (primary N) is 1. The number of rotatable bonds is 39. The monoisotopic (exact) mass is 808 g/mol. The summed E-state index contributed by atoms with van der Waals surface area (Å²) in [6, 6.07) is 0. The molecule has 4 N–H and O–H groups in total. The number of aliphatic hydroxyl groups is 1. The second-order valence-electron chi connectivity index (χ2n) is 14.0. The van der Waals surface area contributed by atoms with E-state index in [4.69, 9.17) is 24.3 Å². The summed E-state index contributed by atoms with van der Waals surface area (Å²) in [7, 11) is -4.40. The van der Waals surface area contributed by atoms with Crippen molar-refractivity contribution in [1.82, 2.24) is 0 Å². The number of ether oxygens (including phenoxy) is 2. The number of hydrogen-bond acceptors (Lipinski definition) is 9. The second kappa shape index (κ2) is 40.6. The van der Waals surface area contributed by atoms with Crippen LogP contribution in [0.4, 0.5) is 0 Å². The average Bonchev–Trinajstić information content (AvgIpc) is 3.18. The van der Waals surface area contributed by atoms with Gasteiger partial charge in [0.2, 0.25) is 0 Å². The lowest BCUT2D eigenvalue weighted by Gasteiger charge is -2.19. The number of hydrogen-bond donors (Lipinski definition) is 3. The number of carbonyl (C=O) groups is 2. The fourth-order valence-corrected chi connectivity index (χ4v) is 6.15. The average molecular weight is 808 g/mol. The van der Waals surface area contributed by atoms with Crippen LogP contribution in [-0.2, 0) is 32.7 Å². The molecule has 0 rings (SSSR count). The predicted molar refractivity (Wildman–Crippen MR) is 230 cm³/mol. The summed E-state index contributed by atoms with van der Waals surface area (Å²) < 4.78 is 32.7. The third-order valence-electron chi connectivity index (χ3n) is 8.73. The van der Waals surface area contributed by atoms with Crippen molar-refractivity contribution < 1.29 is 42.7 Å². The van der Waals surface area contributed by atoms with Gasteiger partial charge in [-0.25, -0.2) is 4.57 Å². The molecule has 3 atom stereocenters. The minimum atomic E-state index is -4.40. The number of unbranched alkanes of at least 4 members (excludes halogenated alkanes) is 14. The Kier molecular flexibility index (Phi) is 38.7. The number of phosphoric ester groups is 1. The van der Waals surface area contributed by atoms with E-state index in [0.717, 1.165) is 44.9 Å². The lowest BCUT2D eigenvalue weighted by molar-refractivity contribution is -0.161. The maximum atomic E-state index is 12.6. The van der Waals surface area contributed by atoms with Crippen molar-refractivity contribution in [3.05, 3.63) is 72.9 Å². The van der Waals surface area contributed by atoms with Crippen molar-refractivity contribution in [2.75, 3.05) is 26.4 Å². The van der Waals surface area contributed by atoms with Crippen molar-refractivity contribution in [2.24, 2.45) is 5.73 Å². The molecule has 0 saturated heterocycles. The summed E-state index contributed by atoms with van der Waals surface area (Å²) in [5.74, 6) is -0.926.